The van der Waals surface area contributed by atoms with Gasteiger partial charge < -0.3 is 58.8 Å². The lowest BCUT2D eigenvalue weighted by Crippen LogP contribution is -2.35. The summed E-state index contributed by atoms with van der Waals surface area (Å²) in [6.45, 7) is 13.5. The van der Waals surface area contributed by atoms with Crippen molar-refractivity contribution in [2.75, 3.05) is 144 Å². The summed E-state index contributed by atoms with van der Waals surface area (Å²) in [5.74, 6) is 7.76. The number of carbonyl (C=O) groups is 1. The van der Waals surface area contributed by atoms with Crippen molar-refractivity contribution in [1.29, 1.82) is 0 Å². The van der Waals surface area contributed by atoms with Gasteiger partial charge in [-0.1, -0.05) is 25.2 Å². The van der Waals surface area contributed by atoms with Crippen LogP contribution < -0.4 is 11.1 Å². The van der Waals surface area contributed by atoms with E-state index in [2.05, 4.69) is 50.0 Å². The molecule has 21 heteroatoms. The Labute approximate surface area is 398 Å². The van der Waals surface area contributed by atoms with E-state index < -0.39 is 9.84 Å². The number of aromatic amines is 1. The average Bonchev–Trinajstić information content (AvgIpc) is 3.96. The van der Waals surface area contributed by atoms with Crippen molar-refractivity contribution in [2.24, 2.45) is 0 Å². The van der Waals surface area contributed by atoms with Crippen LogP contribution in [0.2, 0.25) is 0 Å². The molecule has 0 radical (unpaired) electrons. The third-order valence-corrected chi connectivity index (χ3v) is 12.8. The Bertz CT molecular complexity index is 2190. The van der Waals surface area contributed by atoms with Crippen molar-refractivity contribution < 1.29 is 51.1 Å². The van der Waals surface area contributed by atoms with Gasteiger partial charge in [0.05, 0.1) is 127 Å². The first-order valence-corrected chi connectivity index (χ1v) is 26.1. The number of nitrogens with one attached hydrogen (secondary N) is 2. The van der Waals surface area contributed by atoms with Crippen LogP contribution in [0, 0.1) is 11.8 Å². The minimum absolute atomic E-state index is 0.0749. The zero-order chi connectivity index (χ0) is 47.4. The summed E-state index contributed by atoms with van der Waals surface area (Å²) in [5, 5.41) is 2.57. The quantitative estimate of drug-likeness (QED) is 0.0337. The highest BCUT2D eigenvalue weighted by Gasteiger charge is 2.24. The SMILES string of the molecule is CCCCc1nc2c(N)nc3cc(C4CCN(CCOCCOCCOCCOCCOCCOCCOCCOCCNC(=O)CCCC#Cc5cnc(S(C)(=O)=O)nc5)CC4)sc3c2[nH]1. The summed E-state index contributed by atoms with van der Waals surface area (Å²) in [7, 11) is -3.44. The molecule has 1 fully saturated rings. The summed E-state index contributed by atoms with van der Waals surface area (Å²) in [6, 6.07) is 2.23. The molecule has 0 atom stereocenters. The molecule has 0 aromatic carbocycles. The van der Waals surface area contributed by atoms with E-state index in [9.17, 15) is 13.2 Å². The molecule has 1 aliphatic rings. The van der Waals surface area contributed by atoms with E-state index in [1.165, 1.54) is 17.3 Å². The molecule has 0 spiro atoms. The van der Waals surface area contributed by atoms with Gasteiger partial charge in [-0.3, -0.25) is 4.79 Å². The smallest absolute Gasteiger partial charge is 0.246 e. The van der Waals surface area contributed by atoms with Crippen LogP contribution in [0.3, 0.4) is 0 Å². The molecule has 67 heavy (non-hydrogen) atoms. The van der Waals surface area contributed by atoms with Crippen LogP contribution in [0.15, 0.2) is 23.6 Å². The molecule has 0 bridgehead atoms. The number of sulfone groups is 1. The molecule has 1 amide bonds. The minimum atomic E-state index is -3.44. The summed E-state index contributed by atoms with van der Waals surface area (Å²) < 4.78 is 68.6. The molecule has 1 aliphatic heterocycles. The van der Waals surface area contributed by atoms with E-state index in [-0.39, 0.29) is 11.1 Å². The van der Waals surface area contributed by atoms with Gasteiger partial charge in [-0.2, -0.15) is 0 Å². The maximum atomic E-state index is 12.0. The van der Waals surface area contributed by atoms with Crippen LogP contribution in [0.1, 0.15) is 74.1 Å². The maximum Gasteiger partial charge on any atom is 0.246 e. The Morgan fingerprint density at radius 3 is 1.93 bits per heavy atom. The Morgan fingerprint density at radius 2 is 1.37 bits per heavy atom. The highest BCUT2D eigenvalue weighted by molar-refractivity contribution is 7.90. The van der Waals surface area contributed by atoms with Crippen molar-refractivity contribution in [3.8, 4) is 11.8 Å². The topological polar surface area (TPSA) is 234 Å². The fourth-order valence-corrected chi connectivity index (χ4v) is 8.74. The molecule has 19 nitrogen and oxygen atoms in total. The van der Waals surface area contributed by atoms with Gasteiger partial charge in [0.2, 0.25) is 20.9 Å². The van der Waals surface area contributed by atoms with Crippen LogP contribution in [-0.4, -0.2) is 182 Å². The van der Waals surface area contributed by atoms with Crippen LogP contribution in [0.25, 0.3) is 21.3 Å². The number of unbranched alkanes of at least 4 members (excludes halogenated alkanes) is 2. The maximum absolute atomic E-state index is 12.0. The number of carbonyl (C=O) groups excluding carboxylic acids is 1. The second-order valence-corrected chi connectivity index (χ2v) is 18.9. The predicted octanol–water partition coefficient (Wildman–Crippen LogP) is 3.94. The summed E-state index contributed by atoms with van der Waals surface area (Å²) in [6.07, 6.45) is 10.6. The van der Waals surface area contributed by atoms with Gasteiger partial charge in [0.25, 0.3) is 0 Å². The fourth-order valence-electron chi connectivity index (χ4n) is 6.98. The predicted molar refractivity (Wildman–Crippen MR) is 256 cm³/mol. The average molecular weight is 975 g/mol. The number of pyridine rings is 1. The number of anilines is 1. The number of H-pyrrole nitrogens is 1. The molecule has 4 N–H and O–H groups in total. The summed E-state index contributed by atoms with van der Waals surface area (Å²) >= 11 is 1.84. The number of ether oxygens (including phenoxy) is 8. The number of hydrogen-bond acceptors (Lipinski definition) is 18. The van der Waals surface area contributed by atoms with E-state index in [0.29, 0.717) is 149 Å². The molecule has 1 saturated heterocycles. The van der Waals surface area contributed by atoms with E-state index in [0.717, 1.165) is 85.1 Å². The first-order valence-electron chi connectivity index (χ1n) is 23.4. The lowest BCUT2D eigenvalue weighted by Gasteiger charge is -2.31. The number of aromatic nitrogens is 5. The molecular weight excluding hydrogens is 905 g/mol. The first-order chi connectivity index (χ1) is 32.7. The summed E-state index contributed by atoms with van der Waals surface area (Å²) in [4.78, 5) is 36.4. The number of nitrogens with two attached hydrogens (primary N) is 1. The first kappa shape index (κ1) is 54.0. The number of imidazole rings is 1. The third-order valence-electron chi connectivity index (χ3n) is 10.6. The molecule has 4 aromatic heterocycles. The Kier molecular flexibility index (Phi) is 25.2. The zero-order valence-electron chi connectivity index (χ0n) is 39.2. The number of fused-ring (bicyclic) bond motifs is 3. The Balaban J connectivity index is 0.711. The molecule has 5 rings (SSSR count). The van der Waals surface area contributed by atoms with Gasteiger partial charge in [-0.05, 0) is 50.8 Å². The third kappa shape index (κ3) is 20.7. The number of aryl methyl sites for hydroxylation is 1. The number of piperidine rings is 1. The van der Waals surface area contributed by atoms with Crippen molar-refractivity contribution in [3.05, 3.63) is 34.7 Å². The number of amides is 1. The van der Waals surface area contributed by atoms with Crippen LogP contribution in [-0.2, 0) is 58.9 Å². The molecule has 0 aliphatic carbocycles. The number of hydrogen-bond donors (Lipinski definition) is 3. The number of rotatable bonds is 35. The van der Waals surface area contributed by atoms with Gasteiger partial charge in [0, 0.05) is 55.9 Å². The van der Waals surface area contributed by atoms with Gasteiger partial charge in [0.1, 0.15) is 11.3 Å². The molecule has 0 saturated carbocycles. The standard InChI is InChI=1S/C46H70N8O11S2/c1-3-4-9-40-52-42-43(53-40)45(47)51-38-33-39(66-44(38)42)37-11-14-54(15-12-37)16-18-59-20-22-61-24-26-63-28-30-65-32-31-64-29-27-62-25-23-60-21-19-58-17-13-48-41(55)10-7-5-6-8-36-34-49-46(50-35-36)67(2,56)57/h33-35,37H,3-5,7,9-32H2,1-2H3,(H2,47,51)(H,48,55)(H,52,53). The summed E-state index contributed by atoms with van der Waals surface area (Å²) in [5.41, 5.74) is 9.62. The number of thiophene rings is 1. The van der Waals surface area contributed by atoms with Crippen LogP contribution in [0.4, 0.5) is 5.82 Å². The van der Waals surface area contributed by atoms with E-state index >= 15 is 0 Å². The molecule has 4 aromatic rings. The second-order valence-electron chi connectivity index (χ2n) is 15.9. The van der Waals surface area contributed by atoms with Crippen LogP contribution in [0.5, 0.6) is 0 Å². The van der Waals surface area contributed by atoms with Gasteiger partial charge in [0.15, 0.2) is 5.82 Å². The van der Waals surface area contributed by atoms with Crippen molar-refractivity contribution in [3.63, 3.8) is 0 Å². The van der Waals surface area contributed by atoms with Gasteiger partial charge >= 0.3 is 0 Å². The second kappa shape index (κ2) is 31.3. The zero-order valence-corrected chi connectivity index (χ0v) is 40.9. The van der Waals surface area contributed by atoms with E-state index in [1.54, 1.807) is 0 Å². The molecule has 372 valence electrons. The highest BCUT2D eigenvalue weighted by Crippen LogP contribution is 2.39. The number of nitrogens with zero attached hydrogens (tertiary/aromatic N) is 5. The highest BCUT2D eigenvalue weighted by atomic mass is 32.2. The Morgan fingerprint density at radius 1 is 0.821 bits per heavy atom. The number of nitrogen functional groups attached to an aromatic ring is 1. The van der Waals surface area contributed by atoms with Gasteiger partial charge in [-0.25, -0.2) is 28.4 Å². The fraction of sp³-hybridized carbons (Fsp3) is 0.674. The molecular formula is C46H70N8O11S2. The van der Waals surface area contributed by atoms with E-state index in [4.69, 9.17) is 53.6 Å². The van der Waals surface area contributed by atoms with Crippen molar-refractivity contribution >= 4 is 54.1 Å². The van der Waals surface area contributed by atoms with Crippen molar-refractivity contribution in [1.82, 2.24) is 35.1 Å². The van der Waals surface area contributed by atoms with E-state index in [1.807, 2.05) is 11.3 Å². The lowest BCUT2D eigenvalue weighted by molar-refractivity contribution is -0.121. The monoisotopic (exact) mass is 974 g/mol. The normalized spacial score (nSPS) is 13.7. The van der Waals surface area contributed by atoms with Crippen molar-refractivity contribution in [2.45, 2.75) is 69.4 Å². The van der Waals surface area contributed by atoms with Crippen LogP contribution >= 0.6 is 11.3 Å². The largest absolute Gasteiger partial charge is 0.382 e. The molecule has 5 heterocycles. The lowest BCUT2D eigenvalue weighted by atomic mass is 9.95. The Hall–Kier alpha value is -3.92. The van der Waals surface area contributed by atoms with Gasteiger partial charge in [-0.15, -0.1) is 11.3 Å². The number of likely N-dealkylation sites (tertiary alicyclic amines) is 1. The molecule has 0 unspecified atom stereocenters. The minimum Gasteiger partial charge on any atom is -0.382 e.